The summed E-state index contributed by atoms with van der Waals surface area (Å²) in [6.07, 6.45) is 0. The molecule has 0 nitrogen and oxygen atoms in total. The third-order valence-corrected chi connectivity index (χ3v) is 7.98. The molecule has 160 valence electrons. The van der Waals surface area contributed by atoms with Crippen LogP contribution in [-0.2, 0) is 5.67 Å². The minimum absolute atomic E-state index is 0.0763. The maximum atomic E-state index is 16.8. The standard InChI is InChI=1S/C23H14F6S2/c1-11-17(13-7-3-5-9-15(13)30-11)19-20(24)22(26,27)23(28,29)21(19,25)18-12(2)31-16-10-6-4-8-14(16)18/h3-10H,1-2H3. The summed E-state index contributed by atoms with van der Waals surface area (Å²) in [5.74, 6) is -13.0. The van der Waals surface area contributed by atoms with Crippen molar-refractivity contribution in [2.45, 2.75) is 31.4 Å². The van der Waals surface area contributed by atoms with E-state index in [-0.39, 0.29) is 21.2 Å². The van der Waals surface area contributed by atoms with Crippen LogP contribution >= 0.6 is 22.7 Å². The summed E-state index contributed by atoms with van der Waals surface area (Å²) < 4.78 is 92.9. The fourth-order valence-corrected chi connectivity index (χ4v) is 6.64. The number of aryl methyl sites for hydroxylation is 2. The number of fused-ring (bicyclic) bond motifs is 2. The largest absolute Gasteiger partial charge is 0.365 e. The Hall–Kier alpha value is -2.32. The molecule has 1 aliphatic rings. The monoisotopic (exact) mass is 468 g/mol. The quantitative estimate of drug-likeness (QED) is 0.259. The highest BCUT2D eigenvalue weighted by Crippen LogP contribution is 2.68. The summed E-state index contributed by atoms with van der Waals surface area (Å²) in [4.78, 5) is 0.391. The van der Waals surface area contributed by atoms with E-state index in [0.29, 0.717) is 14.3 Å². The Morgan fingerprint density at radius 3 is 1.87 bits per heavy atom. The third-order valence-electron chi connectivity index (χ3n) is 5.80. The van der Waals surface area contributed by atoms with Gasteiger partial charge in [-0.2, -0.15) is 17.6 Å². The Morgan fingerprint density at radius 2 is 1.23 bits per heavy atom. The van der Waals surface area contributed by atoms with Gasteiger partial charge in [0.1, 0.15) is 0 Å². The summed E-state index contributed by atoms with van der Waals surface area (Å²) in [5, 5.41) is 0.343. The van der Waals surface area contributed by atoms with E-state index in [1.165, 1.54) is 32.0 Å². The summed E-state index contributed by atoms with van der Waals surface area (Å²) in [7, 11) is 0. The molecule has 4 aromatic rings. The van der Waals surface area contributed by atoms with E-state index in [1.807, 2.05) is 0 Å². The molecule has 0 N–H and O–H groups in total. The number of rotatable bonds is 2. The summed E-state index contributed by atoms with van der Waals surface area (Å²) in [6.45, 7) is 2.88. The lowest BCUT2D eigenvalue weighted by molar-refractivity contribution is -0.234. The van der Waals surface area contributed by atoms with Gasteiger partial charge in [-0.15, -0.1) is 22.7 Å². The van der Waals surface area contributed by atoms with Crippen molar-refractivity contribution in [2.75, 3.05) is 0 Å². The first-order chi connectivity index (χ1) is 14.5. The Labute approximate surface area is 181 Å². The summed E-state index contributed by atoms with van der Waals surface area (Å²) >= 11 is 2.13. The summed E-state index contributed by atoms with van der Waals surface area (Å²) in [6, 6.07) is 12.6. The minimum atomic E-state index is -5.32. The fourth-order valence-electron chi connectivity index (χ4n) is 4.46. The molecule has 0 saturated carbocycles. The lowest BCUT2D eigenvalue weighted by Gasteiger charge is -2.32. The van der Waals surface area contributed by atoms with Crippen LogP contribution in [0.15, 0.2) is 54.4 Å². The molecule has 0 radical (unpaired) electrons. The van der Waals surface area contributed by atoms with Crippen molar-refractivity contribution in [1.82, 2.24) is 0 Å². The highest BCUT2D eigenvalue weighted by Gasteiger charge is 2.81. The minimum Gasteiger partial charge on any atom is -0.226 e. The second kappa shape index (κ2) is 6.36. The topological polar surface area (TPSA) is 0 Å². The van der Waals surface area contributed by atoms with E-state index in [1.54, 1.807) is 30.3 Å². The molecular formula is C23H14F6S2. The average molecular weight is 468 g/mol. The molecule has 0 saturated heterocycles. The zero-order valence-electron chi connectivity index (χ0n) is 16.2. The van der Waals surface area contributed by atoms with Crippen molar-refractivity contribution in [2.24, 2.45) is 0 Å². The molecule has 2 aromatic carbocycles. The molecule has 1 atom stereocenters. The number of benzene rings is 2. The van der Waals surface area contributed by atoms with E-state index < -0.39 is 34.5 Å². The van der Waals surface area contributed by atoms with E-state index in [2.05, 4.69) is 0 Å². The first-order valence-electron chi connectivity index (χ1n) is 9.36. The van der Waals surface area contributed by atoms with Gasteiger partial charge in [-0.25, -0.2) is 8.78 Å². The van der Waals surface area contributed by atoms with Crippen LogP contribution in [0.2, 0.25) is 0 Å². The highest BCUT2D eigenvalue weighted by molar-refractivity contribution is 7.19. The van der Waals surface area contributed by atoms with Crippen LogP contribution in [0.5, 0.6) is 0 Å². The van der Waals surface area contributed by atoms with Gasteiger partial charge in [0.05, 0.1) is 0 Å². The number of alkyl halides is 5. The van der Waals surface area contributed by atoms with Crippen LogP contribution in [0.4, 0.5) is 26.3 Å². The van der Waals surface area contributed by atoms with E-state index in [4.69, 9.17) is 0 Å². The lowest BCUT2D eigenvalue weighted by atomic mass is 9.81. The molecule has 5 rings (SSSR count). The van der Waals surface area contributed by atoms with E-state index >= 15 is 17.6 Å². The Balaban J connectivity index is 1.95. The molecule has 1 unspecified atom stereocenters. The van der Waals surface area contributed by atoms with Crippen molar-refractivity contribution in [3.05, 3.63) is 75.2 Å². The van der Waals surface area contributed by atoms with Crippen LogP contribution in [0.25, 0.3) is 25.7 Å². The SMILES string of the molecule is Cc1sc2ccccc2c1C1=C(F)C(F)(F)C(F)(F)C1(F)c1c(C)sc2ccccc12. The van der Waals surface area contributed by atoms with Crippen molar-refractivity contribution in [3.63, 3.8) is 0 Å². The molecule has 0 spiro atoms. The van der Waals surface area contributed by atoms with Gasteiger partial charge < -0.3 is 0 Å². The van der Waals surface area contributed by atoms with Gasteiger partial charge >= 0.3 is 11.8 Å². The number of thiophene rings is 2. The molecule has 2 aromatic heterocycles. The second-order valence-electron chi connectivity index (χ2n) is 7.56. The molecule has 8 heteroatoms. The predicted molar refractivity (Wildman–Crippen MR) is 114 cm³/mol. The molecule has 1 aliphatic carbocycles. The van der Waals surface area contributed by atoms with E-state index in [9.17, 15) is 8.78 Å². The molecule has 0 bridgehead atoms. The van der Waals surface area contributed by atoms with Crippen LogP contribution in [0.3, 0.4) is 0 Å². The molecule has 2 heterocycles. The smallest absolute Gasteiger partial charge is 0.226 e. The van der Waals surface area contributed by atoms with Gasteiger partial charge in [-0.05, 0) is 31.4 Å². The maximum absolute atomic E-state index is 16.8. The molecule has 0 amide bonds. The average Bonchev–Trinajstić information content (AvgIpc) is 3.26. The van der Waals surface area contributed by atoms with Gasteiger partial charge in [-0.1, -0.05) is 36.4 Å². The van der Waals surface area contributed by atoms with Crippen molar-refractivity contribution in [3.8, 4) is 0 Å². The Kier molecular flexibility index (Phi) is 4.22. The van der Waals surface area contributed by atoms with Gasteiger partial charge in [-0.3, -0.25) is 0 Å². The normalized spacial score (nSPS) is 22.7. The zero-order valence-corrected chi connectivity index (χ0v) is 17.8. The van der Waals surface area contributed by atoms with Crippen LogP contribution in [-0.4, -0.2) is 11.8 Å². The van der Waals surface area contributed by atoms with Gasteiger partial charge in [0, 0.05) is 41.2 Å². The van der Waals surface area contributed by atoms with Crippen molar-refractivity contribution in [1.29, 1.82) is 0 Å². The van der Waals surface area contributed by atoms with Crippen LogP contribution < -0.4 is 0 Å². The molecule has 0 aliphatic heterocycles. The van der Waals surface area contributed by atoms with Gasteiger partial charge in [0.2, 0.25) is 5.67 Å². The summed E-state index contributed by atoms with van der Waals surface area (Å²) in [5.41, 5.74) is -6.15. The third kappa shape index (κ3) is 2.37. The highest BCUT2D eigenvalue weighted by atomic mass is 32.1. The van der Waals surface area contributed by atoms with Crippen LogP contribution in [0, 0.1) is 13.8 Å². The number of allylic oxidation sites excluding steroid dienone is 2. The first-order valence-corrected chi connectivity index (χ1v) is 11.0. The Bertz CT molecular complexity index is 1390. The van der Waals surface area contributed by atoms with Crippen molar-refractivity contribution < 1.29 is 26.3 Å². The maximum Gasteiger partial charge on any atom is 0.365 e. The number of halogens is 6. The first kappa shape index (κ1) is 20.6. The van der Waals surface area contributed by atoms with Crippen LogP contribution in [0.1, 0.15) is 20.9 Å². The lowest BCUT2D eigenvalue weighted by Crippen LogP contribution is -2.49. The molecular weight excluding hydrogens is 454 g/mol. The van der Waals surface area contributed by atoms with Gasteiger partial charge in [0.25, 0.3) is 0 Å². The number of hydrogen-bond donors (Lipinski definition) is 0. The Morgan fingerprint density at radius 1 is 0.710 bits per heavy atom. The van der Waals surface area contributed by atoms with Crippen molar-refractivity contribution >= 4 is 48.4 Å². The fraction of sp³-hybridized carbons (Fsp3) is 0.217. The zero-order chi connectivity index (χ0) is 22.3. The predicted octanol–water partition coefficient (Wildman–Crippen LogP) is 8.56. The van der Waals surface area contributed by atoms with Gasteiger partial charge in [0.15, 0.2) is 5.83 Å². The molecule has 0 fully saturated rings. The number of hydrogen-bond acceptors (Lipinski definition) is 2. The van der Waals surface area contributed by atoms with E-state index in [0.717, 1.165) is 22.7 Å². The second-order valence-corrected chi connectivity index (χ2v) is 10.1. The molecule has 31 heavy (non-hydrogen) atoms.